The summed E-state index contributed by atoms with van der Waals surface area (Å²) in [5.74, 6) is 0. The molecule has 0 aliphatic rings. The zero-order valence-corrected chi connectivity index (χ0v) is 11.2. The highest BCUT2D eigenvalue weighted by Crippen LogP contribution is 2.27. The highest BCUT2D eigenvalue weighted by atomic mass is 32.1. The molecule has 3 aromatic rings. The fourth-order valence-corrected chi connectivity index (χ4v) is 2.65. The summed E-state index contributed by atoms with van der Waals surface area (Å²) >= 11 is 1.63. The van der Waals surface area contributed by atoms with Gasteiger partial charge in [0.15, 0.2) is 0 Å². The molecular formula is C14H14N4S. The average molecular weight is 270 g/mol. The smallest absolute Gasteiger partial charge is 0.0794 e. The van der Waals surface area contributed by atoms with Gasteiger partial charge < -0.3 is 11.1 Å². The van der Waals surface area contributed by atoms with Gasteiger partial charge in [0.05, 0.1) is 11.2 Å². The second-order valence-electron chi connectivity index (χ2n) is 4.28. The highest BCUT2D eigenvalue weighted by molar-refractivity contribution is 7.07. The number of nitrogens with one attached hydrogen (secondary N) is 1. The summed E-state index contributed by atoms with van der Waals surface area (Å²) in [4.78, 5) is 8.39. The first-order valence-electron chi connectivity index (χ1n) is 6.08. The standard InChI is InChI=1S/C14H14N4S/c15-13-1-2-14(11-4-5-16-7-12(11)13)17-6-3-10-8-19-9-18-10/h1-2,4-5,7-9,17H,3,6,15H2. The van der Waals surface area contributed by atoms with Crippen LogP contribution in [0.1, 0.15) is 5.69 Å². The van der Waals surface area contributed by atoms with Gasteiger partial charge in [-0.15, -0.1) is 11.3 Å². The van der Waals surface area contributed by atoms with Crippen molar-refractivity contribution in [1.82, 2.24) is 9.97 Å². The molecule has 2 aromatic heterocycles. The first-order chi connectivity index (χ1) is 9.34. The topological polar surface area (TPSA) is 63.8 Å². The second-order valence-corrected chi connectivity index (χ2v) is 5.00. The lowest BCUT2D eigenvalue weighted by atomic mass is 10.1. The quantitative estimate of drug-likeness (QED) is 0.715. The zero-order chi connectivity index (χ0) is 13.1. The number of nitrogens with zero attached hydrogens (tertiary/aromatic N) is 2. The molecule has 0 amide bonds. The number of nitrogens with two attached hydrogens (primary N) is 1. The van der Waals surface area contributed by atoms with Crippen LogP contribution in [0.25, 0.3) is 10.8 Å². The summed E-state index contributed by atoms with van der Waals surface area (Å²) in [6.07, 6.45) is 4.50. The summed E-state index contributed by atoms with van der Waals surface area (Å²) in [6, 6.07) is 5.91. The summed E-state index contributed by atoms with van der Waals surface area (Å²) in [7, 11) is 0. The van der Waals surface area contributed by atoms with Crippen LogP contribution in [0.5, 0.6) is 0 Å². The summed E-state index contributed by atoms with van der Waals surface area (Å²) in [5.41, 5.74) is 10.8. The van der Waals surface area contributed by atoms with E-state index in [9.17, 15) is 0 Å². The molecule has 96 valence electrons. The predicted molar refractivity (Wildman–Crippen MR) is 80.5 cm³/mol. The molecule has 0 radical (unpaired) electrons. The second kappa shape index (κ2) is 5.24. The molecule has 0 saturated carbocycles. The van der Waals surface area contributed by atoms with E-state index in [0.717, 1.165) is 40.8 Å². The van der Waals surface area contributed by atoms with Crippen LogP contribution in [0.2, 0.25) is 0 Å². The molecule has 0 aliphatic heterocycles. The largest absolute Gasteiger partial charge is 0.398 e. The minimum atomic E-state index is 0.758. The van der Waals surface area contributed by atoms with Crippen molar-refractivity contribution in [1.29, 1.82) is 0 Å². The van der Waals surface area contributed by atoms with Crippen molar-refractivity contribution >= 4 is 33.5 Å². The Morgan fingerprint density at radius 3 is 3.00 bits per heavy atom. The van der Waals surface area contributed by atoms with Crippen molar-refractivity contribution in [3.63, 3.8) is 0 Å². The number of anilines is 2. The molecule has 0 atom stereocenters. The molecule has 2 heterocycles. The number of thiazole rings is 1. The SMILES string of the molecule is Nc1ccc(NCCc2cscn2)c2ccncc12. The number of fused-ring (bicyclic) bond motifs is 1. The van der Waals surface area contributed by atoms with Crippen LogP contribution in [-0.2, 0) is 6.42 Å². The Labute approximate surface area is 115 Å². The molecule has 19 heavy (non-hydrogen) atoms. The number of nitrogen functional groups attached to an aromatic ring is 1. The van der Waals surface area contributed by atoms with Gasteiger partial charge in [0.25, 0.3) is 0 Å². The third-order valence-corrected chi connectivity index (χ3v) is 3.67. The lowest BCUT2D eigenvalue weighted by Gasteiger charge is -2.10. The highest BCUT2D eigenvalue weighted by Gasteiger charge is 2.03. The van der Waals surface area contributed by atoms with Crippen LogP contribution in [0.15, 0.2) is 41.5 Å². The number of rotatable bonds is 4. The zero-order valence-electron chi connectivity index (χ0n) is 10.3. The van der Waals surface area contributed by atoms with Crippen molar-refractivity contribution in [3.8, 4) is 0 Å². The van der Waals surface area contributed by atoms with Gasteiger partial charge in [-0.25, -0.2) is 4.98 Å². The van der Waals surface area contributed by atoms with Gasteiger partial charge in [0.2, 0.25) is 0 Å². The van der Waals surface area contributed by atoms with Crippen LogP contribution >= 0.6 is 11.3 Å². The molecule has 5 heteroatoms. The van der Waals surface area contributed by atoms with E-state index in [-0.39, 0.29) is 0 Å². The number of pyridine rings is 1. The number of benzene rings is 1. The Morgan fingerprint density at radius 2 is 2.16 bits per heavy atom. The van der Waals surface area contributed by atoms with Crippen molar-refractivity contribution in [3.05, 3.63) is 47.2 Å². The Bertz CT molecular complexity index is 679. The van der Waals surface area contributed by atoms with E-state index in [1.54, 1.807) is 23.7 Å². The van der Waals surface area contributed by atoms with E-state index in [2.05, 4.69) is 20.7 Å². The van der Waals surface area contributed by atoms with Crippen LogP contribution in [0.3, 0.4) is 0 Å². The molecule has 1 aromatic carbocycles. The molecule has 4 nitrogen and oxygen atoms in total. The number of hydrogen-bond donors (Lipinski definition) is 2. The maximum absolute atomic E-state index is 5.95. The molecule has 0 bridgehead atoms. The maximum atomic E-state index is 5.95. The predicted octanol–water partition coefficient (Wildman–Crippen LogP) is 2.93. The lowest BCUT2D eigenvalue weighted by Crippen LogP contribution is -2.05. The Hall–Kier alpha value is -2.14. The summed E-state index contributed by atoms with van der Waals surface area (Å²) in [6.45, 7) is 0.852. The van der Waals surface area contributed by atoms with Crippen molar-refractivity contribution in [2.24, 2.45) is 0 Å². The molecule has 3 rings (SSSR count). The van der Waals surface area contributed by atoms with Gasteiger partial charge >= 0.3 is 0 Å². The average Bonchev–Trinajstić information content (AvgIpc) is 2.95. The van der Waals surface area contributed by atoms with Gasteiger partial charge in [-0.1, -0.05) is 0 Å². The van der Waals surface area contributed by atoms with Gasteiger partial charge in [0, 0.05) is 52.9 Å². The summed E-state index contributed by atoms with van der Waals surface area (Å²) in [5, 5.41) is 7.60. The van der Waals surface area contributed by atoms with E-state index in [1.165, 1.54) is 0 Å². The molecule has 0 spiro atoms. The van der Waals surface area contributed by atoms with Crippen LogP contribution in [0, 0.1) is 0 Å². The third kappa shape index (κ3) is 2.51. The fraction of sp³-hybridized carbons (Fsp3) is 0.143. The Morgan fingerprint density at radius 1 is 1.21 bits per heavy atom. The van der Waals surface area contributed by atoms with E-state index >= 15 is 0 Å². The van der Waals surface area contributed by atoms with Crippen LogP contribution in [0.4, 0.5) is 11.4 Å². The summed E-state index contributed by atoms with van der Waals surface area (Å²) < 4.78 is 0. The Kier molecular flexibility index (Phi) is 3.29. The molecule has 0 saturated heterocycles. The fourth-order valence-electron chi connectivity index (χ4n) is 2.05. The normalized spacial score (nSPS) is 10.7. The van der Waals surface area contributed by atoms with Gasteiger partial charge in [-0.05, 0) is 18.2 Å². The number of aromatic nitrogens is 2. The van der Waals surface area contributed by atoms with Crippen LogP contribution < -0.4 is 11.1 Å². The Balaban J connectivity index is 1.79. The van der Waals surface area contributed by atoms with Crippen molar-refractivity contribution in [2.45, 2.75) is 6.42 Å². The van der Waals surface area contributed by atoms with E-state index < -0.39 is 0 Å². The molecule has 0 fully saturated rings. The minimum Gasteiger partial charge on any atom is -0.398 e. The molecule has 0 unspecified atom stereocenters. The maximum Gasteiger partial charge on any atom is 0.0794 e. The van der Waals surface area contributed by atoms with E-state index in [0.29, 0.717) is 0 Å². The van der Waals surface area contributed by atoms with Gasteiger partial charge in [-0.2, -0.15) is 0 Å². The molecular weight excluding hydrogens is 256 g/mol. The van der Waals surface area contributed by atoms with Crippen molar-refractivity contribution < 1.29 is 0 Å². The van der Waals surface area contributed by atoms with Crippen molar-refractivity contribution in [2.75, 3.05) is 17.6 Å². The third-order valence-electron chi connectivity index (χ3n) is 3.03. The van der Waals surface area contributed by atoms with Gasteiger partial charge in [0.1, 0.15) is 0 Å². The minimum absolute atomic E-state index is 0.758. The van der Waals surface area contributed by atoms with Gasteiger partial charge in [-0.3, -0.25) is 4.98 Å². The van der Waals surface area contributed by atoms with E-state index in [4.69, 9.17) is 5.73 Å². The van der Waals surface area contributed by atoms with E-state index in [1.807, 2.05) is 23.7 Å². The monoisotopic (exact) mass is 270 g/mol. The van der Waals surface area contributed by atoms with Crippen LogP contribution in [-0.4, -0.2) is 16.5 Å². The number of hydrogen-bond acceptors (Lipinski definition) is 5. The lowest BCUT2D eigenvalue weighted by molar-refractivity contribution is 0.979. The molecule has 0 aliphatic carbocycles. The first kappa shape index (κ1) is 11.9. The first-order valence-corrected chi connectivity index (χ1v) is 7.02. The molecule has 3 N–H and O–H groups in total.